The topological polar surface area (TPSA) is 105 Å². The maximum absolute atomic E-state index is 14.5. The van der Waals surface area contributed by atoms with Gasteiger partial charge in [0.2, 0.25) is 11.8 Å². The number of amides is 2. The first kappa shape index (κ1) is 35.4. The van der Waals surface area contributed by atoms with Crippen LogP contribution in [0.1, 0.15) is 56.6 Å². The Morgan fingerprint density at radius 2 is 1.63 bits per heavy atom. The second-order valence-corrected chi connectivity index (χ2v) is 14.1. The van der Waals surface area contributed by atoms with Crippen LogP contribution in [0.5, 0.6) is 11.5 Å². The first-order valence-corrected chi connectivity index (χ1v) is 17.5. The molecular weight excluding hydrogens is 649 g/mol. The first-order chi connectivity index (χ1) is 22.0. The van der Waals surface area contributed by atoms with Crippen LogP contribution in [0.3, 0.4) is 0 Å². The average Bonchev–Trinajstić information content (AvgIpc) is 3.05. The fourth-order valence-electron chi connectivity index (χ4n) is 5.64. The summed E-state index contributed by atoms with van der Waals surface area (Å²) in [5.74, 6) is -0.271. The summed E-state index contributed by atoms with van der Waals surface area (Å²) in [6.07, 6.45) is 5.25. The predicted octanol–water partition coefficient (Wildman–Crippen LogP) is 6.77. The number of rotatable bonds is 13. The predicted molar refractivity (Wildman–Crippen MR) is 181 cm³/mol. The number of sulfonamides is 1. The molecule has 1 saturated carbocycles. The molecule has 0 unspecified atom stereocenters. The third-order valence-electron chi connectivity index (χ3n) is 8.22. The minimum Gasteiger partial charge on any atom is -0.497 e. The van der Waals surface area contributed by atoms with Gasteiger partial charge in [0.15, 0.2) is 0 Å². The van der Waals surface area contributed by atoms with E-state index in [-0.39, 0.29) is 34.8 Å². The highest BCUT2D eigenvalue weighted by molar-refractivity contribution is 7.92. The molecule has 0 bridgehead atoms. The molecule has 0 saturated heterocycles. The van der Waals surface area contributed by atoms with E-state index < -0.39 is 28.5 Å². The highest BCUT2D eigenvalue weighted by Gasteiger charge is 2.35. The molecule has 2 amide bonds. The highest BCUT2D eigenvalue weighted by Crippen LogP contribution is 2.36. The van der Waals surface area contributed by atoms with Gasteiger partial charge in [-0.25, -0.2) is 8.42 Å². The van der Waals surface area contributed by atoms with E-state index in [0.29, 0.717) is 27.8 Å². The van der Waals surface area contributed by atoms with E-state index in [1.807, 2.05) is 13.8 Å². The molecule has 1 atom stereocenters. The Morgan fingerprint density at radius 1 is 0.935 bits per heavy atom. The van der Waals surface area contributed by atoms with Crippen LogP contribution in [0.2, 0.25) is 10.0 Å². The van der Waals surface area contributed by atoms with Crippen LogP contribution in [-0.4, -0.2) is 58.0 Å². The summed E-state index contributed by atoms with van der Waals surface area (Å²) in [5.41, 5.74) is 1.63. The molecule has 4 rings (SSSR count). The van der Waals surface area contributed by atoms with Crippen LogP contribution in [0.25, 0.3) is 0 Å². The first-order valence-electron chi connectivity index (χ1n) is 15.3. The number of ether oxygens (including phenoxy) is 2. The molecule has 1 aliphatic carbocycles. The normalized spacial score (nSPS) is 14.3. The Labute approximate surface area is 281 Å². The Morgan fingerprint density at radius 3 is 2.24 bits per heavy atom. The summed E-state index contributed by atoms with van der Waals surface area (Å²) in [6, 6.07) is 15.2. The monoisotopic (exact) mass is 689 g/mol. The van der Waals surface area contributed by atoms with Crippen molar-refractivity contribution in [3.05, 3.63) is 81.8 Å². The molecule has 0 aliphatic heterocycles. The molecule has 46 heavy (non-hydrogen) atoms. The fourth-order valence-corrected chi connectivity index (χ4v) is 7.38. The molecule has 9 nitrogen and oxygen atoms in total. The van der Waals surface area contributed by atoms with E-state index in [1.165, 1.54) is 37.3 Å². The van der Waals surface area contributed by atoms with E-state index >= 15 is 0 Å². The largest absolute Gasteiger partial charge is 0.497 e. The molecule has 0 spiro atoms. The van der Waals surface area contributed by atoms with Crippen molar-refractivity contribution in [2.45, 2.75) is 75.9 Å². The molecule has 3 aromatic carbocycles. The zero-order valence-corrected chi connectivity index (χ0v) is 28.9. The molecular formula is C34H41Cl2N3O6S. The lowest BCUT2D eigenvalue weighted by Crippen LogP contribution is -2.54. The number of hydrogen-bond acceptors (Lipinski definition) is 6. The second-order valence-electron chi connectivity index (χ2n) is 11.4. The Balaban J connectivity index is 1.79. The van der Waals surface area contributed by atoms with Gasteiger partial charge in [-0.15, -0.1) is 0 Å². The van der Waals surface area contributed by atoms with Crippen LogP contribution in [0.15, 0.2) is 65.6 Å². The number of nitrogens with zero attached hydrogens (tertiary/aromatic N) is 2. The molecule has 3 aromatic rings. The summed E-state index contributed by atoms with van der Waals surface area (Å²) < 4.78 is 40.5. The quantitative estimate of drug-likeness (QED) is 0.212. The van der Waals surface area contributed by atoms with Crippen molar-refractivity contribution in [3.63, 3.8) is 0 Å². The lowest BCUT2D eigenvalue weighted by molar-refractivity contribution is -0.140. The number of halogens is 2. The maximum Gasteiger partial charge on any atom is 0.264 e. The maximum atomic E-state index is 14.5. The summed E-state index contributed by atoms with van der Waals surface area (Å²) in [6.45, 7) is 3.06. The van der Waals surface area contributed by atoms with E-state index in [4.69, 9.17) is 32.7 Å². The molecule has 0 aromatic heterocycles. The van der Waals surface area contributed by atoms with Gasteiger partial charge >= 0.3 is 0 Å². The van der Waals surface area contributed by atoms with E-state index in [0.717, 1.165) is 42.0 Å². The Bertz CT molecular complexity index is 1630. The summed E-state index contributed by atoms with van der Waals surface area (Å²) >= 11 is 12.5. The van der Waals surface area contributed by atoms with Crippen molar-refractivity contribution >= 4 is 50.7 Å². The smallest absolute Gasteiger partial charge is 0.264 e. The van der Waals surface area contributed by atoms with Crippen molar-refractivity contribution < 1.29 is 27.5 Å². The van der Waals surface area contributed by atoms with Gasteiger partial charge in [0.25, 0.3) is 10.0 Å². The van der Waals surface area contributed by atoms with E-state index in [9.17, 15) is 18.0 Å². The number of anilines is 1. The van der Waals surface area contributed by atoms with Crippen LogP contribution >= 0.6 is 23.2 Å². The van der Waals surface area contributed by atoms with Gasteiger partial charge in [-0.05, 0) is 68.1 Å². The van der Waals surface area contributed by atoms with Crippen LogP contribution in [0.4, 0.5) is 5.69 Å². The van der Waals surface area contributed by atoms with Crippen molar-refractivity contribution in [2.75, 3.05) is 25.1 Å². The number of carbonyl (C=O) groups is 2. The third kappa shape index (κ3) is 8.46. The van der Waals surface area contributed by atoms with Crippen molar-refractivity contribution in [2.24, 2.45) is 0 Å². The minimum atomic E-state index is -4.31. The molecule has 0 radical (unpaired) electrons. The molecule has 1 N–H and O–H groups in total. The fraction of sp³-hybridized carbons (Fsp3) is 0.412. The van der Waals surface area contributed by atoms with Crippen LogP contribution in [-0.2, 0) is 26.2 Å². The zero-order valence-electron chi connectivity index (χ0n) is 26.6. The Hall–Kier alpha value is -3.47. The third-order valence-corrected chi connectivity index (χ3v) is 10.7. The second kappa shape index (κ2) is 15.9. The number of carbonyl (C=O) groups excluding carboxylic acids is 2. The minimum absolute atomic E-state index is 0.0000193. The Kier molecular flexibility index (Phi) is 12.2. The van der Waals surface area contributed by atoms with Crippen LogP contribution in [0, 0.1) is 6.92 Å². The molecule has 248 valence electrons. The average molecular weight is 691 g/mol. The van der Waals surface area contributed by atoms with Crippen molar-refractivity contribution in [1.82, 2.24) is 10.2 Å². The lowest BCUT2D eigenvalue weighted by atomic mass is 9.95. The number of nitrogens with one attached hydrogen (secondary N) is 1. The van der Waals surface area contributed by atoms with Gasteiger partial charge in [-0.2, -0.15) is 0 Å². The van der Waals surface area contributed by atoms with E-state index in [2.05, 4.69) is 5.32 Å². The summed E-state index contributed by atoms with van der Waals surface area (Å²) in [5, 5.41) is 3.80. The highest BCUT2D eigenvalue weighted by atomic mass is 35.5. The molecule has 12 heteroatoms. The lowest BCUT2D eigenvalue weighted by Gasteiger charge is -2.34. The van der Waals surface area contributed by atoms with Crippen molar-refractivity contribution in [3.8, 4) is 11.5 Å². The van der Waals surface area contributed by atoms with Gasteiger partial charge in [0.05, 0.1) is 34.8 Å². The van der Waals surface area contributed by atoms with E-state index in [1.54, 1.807) is 42.5 Å². The summed E-state index contributed by atoms with van der Waals surface area (Å²) in [4.78, 5) is 29.7. The molecule has 0 heterocycles. The number of benzene rings is 3. The number of methoxy groups -OCH3 is 2. The van der Waals surface area contributed by atoms with Gasteiger partial charge in [-0.3, -0.25) is 13.9 Å². The zero-order chi connectivity index (χ0) is 33.4. The molecule has 1 aliphatic rings. The van der Waals surface area contributed by atoms with Gasteiger partial charge in [0, 0.05) is 18.7 Å². The SMILES string of the molecule is CC[C@@H](C(=O)NC1CCCCC1)N(Cc1ccc(Cl)c(Cl)c1)C(=O)CN(c1cc(OC)ccc1OC)S(=O)(=O)c1ccc(C)cc1. The van der Waals surface area contributed by atoms with Gasteiger partial charge in [0.1, 0.15) is 24.1 Å². The standard InChI is InChI=1S/C34H41Cl2N3O6S/c1-5-30(34(41)37-25-9-7-6-8-10-25)38(21-24-13-17-28(35)29(36)19-24)33(40)22-39(31-20-26(44-3)14-18-32(31)45-4)46(42,43)27-15-11-23(2)12-16-27/h11-20,25,30H,5-10,21-22H2,1-4H3,(H,37,41)/t30-/m0/s1. The van der Waals surface area contributed by atoms with Crippen molar-refractivity contribution in [1.29, 1.82) is 0 Å². The van der Waals surface area contributed by atoms with Gasteiger partial charge in [-0.1, -0.05) is 73.2 Å². The molecule has 1 fully saturated rings. The van der Waals surface area contributed by atoms with Crippen LogP contribution < -0.4 is 19.1 Å². The number of aryl methyl sites for hydroxylation is 1. The van der Waals surface area contributed by atoms with Gasteiger partial charge < -0.3 is 19.7 Å². The summed E-state index contributed by atoms with van der Waals surface area (Å²) in [7, 11) is -1.42. The number of hydrogen-bond donors (Lipinski definition) is 1.